The van der Waals surface area contributed by atoms with Gasteiger partial charge in [0, 0.05) is 17.9 Å². The highest BCUT2D eigenvalue weighted by Crippen LogP contribution is 2.35. The summed E-state index contributed by atoms with van der Waals surface area (Å²) < 4.78 is 0. The van der Waals surface area contributed by atoms with Crippen LogP contribution in [0.3, 0.4) is 0 Å². The van der Waals surface area contributed by atoms with Crippen molar-refractivity contribution >= 4 is 11.8 Å². The maximum atomic E-state index is 9.64. The second kappa shape index (κ2) is 3.60. The zero-order valence-electron chi connectivity index (χ0n) is 7.58. The smallest absolute Gasteiger partial charge is 0.121 e. The molecule has 1 saturated heterocycles. The van der Waals surface area contributed by atoms with E-state index in [2.05, 4.69) is 5.32 Å². The van der Waals surface area contributed by atoms with Crippen LogP contribution in [0.2, 0.25) is 0 Å². The fraction of sp³-hybridized carbons (Fsp3) is 0.400. The zero-order valence-corrected chi connectivity index (χ0v) is 8.40. The molecular weight excluding hydrogens is 182 g/mol. The van der Waals surface area contributed by atoms with Crippen LogP contribution in [-0.2, 0) is 0 Å². The average molecular weight is 195 g/mol. The Morgan fingerprint density at radius 3 is 3.08 bits per heavy atom. The minimum atomic E-state index is 0.278. The predicted molar refractivity (Wildman–Crippen MR) is 56.0 cm³/mol. The number of phenolic OH excluding ortho intramolecular Hbond substituents is 1. The van der Waals surface area contributed by atoms with Crippen LogP contribution in [0.5, 0.6) is 5.75 Å². The van der Waals surface area contributed by atoms with E-state index >= 15 is 0 Å². The summed E-state index contributed by atoms with van der Waals surface area (Å²) in [7, 11) is 0. The molecule has 1 atom stereocenters. The number of benzene rings is 1. The molecule has 1 aromatic rings. The first-order valence-corrected chi connectivity index (χ1v) is 5.47. The summed E-state index contributed by atoms with van der Waals surface area (Å²) in [5.41, 5.74) is 2.21. The van der Waals surface area contributed by atoms with Gasteiger partial charge in [-0.3, -0.25) is 0 Å². The standard InChI is InChI=1S/C10H13NOS/c1-7-2-3-9(12)8(6-7)10-11-4-5-13-10/h2-3,6,10-12H,4-5H2,1H3. The van der Waals surface area contributed by atoms with Gasteiger partial charge in [-0.2, -0.15) is 0 Å². The van der Waals surface area contributed by atoms with Gasteiger partial charge in [0.05, 0.1) is 5.37 Å². The van der Waals surface area contributed by atoms with Crippen molar-refractivity contribution in [1.29, 1.82) is 0 Å². The summed E-state index contributed by atoms with van der Waals surface area (Å²) in [6, 6.07) is 5.75. The van der Waals surface area contributed by atoms with Crippen LogP contribution < -0.4 is 5.32 Å². The molecule has 2 N–H and O–H groups in total. The maximum absolute atomic E-state index is 9.64. The summed E-state index contributed by atoms with van der Waals surface area (Å²) >= 11 is 1.85. The maximum Gasteiger partial charge on any atom is 0.121 e. The molecule has 0 radical (unpaired) electrons. The van der Waals surface area contributed by atoms with Crippen molar-refractivity contribution in [3.05, 3.63) is 29.3 Å². The fourth-order valence-corrected chi connectivity index (χ4v) is 2.58. The van der Waals surface area contributed by atoms with Crippen LogP contribution in [0.4, 0.5) is 0 Å². The van der Waals surface area contributed by atoms with E-state index in [4.69, 9.17) is 0 Å². The van der Waals surface area contributed by atoms with Gasteiger partial charge >= 0.3 is 0 Å². The third-order valence-corrected chi connectivity index (χ3v) is 3.38. The second-order valence-corrected chi connectivity index (χ2v) is 4.48. The molecule has 1 aliphatic rings. The number of thioether (sulfide) groups is 1. The number of aryl methyl sites for hydroxylation is 1. The molecule has 1 aliphatic heterocycles. The molecule has 0 spiro atoms. The van der Waals surface area contributed by atoms with Gasteiger partial charge < -0.3 is 10.4 Å². The molecule has 1 fully saturated rings. The van der Waals surface area contributed by atoms with Crippen molar-refractivity contribution < 1.29 is 5.11 Å². The highest BCUT2D eigenvalue weighted by molar-refractivity contribution is 7.99. The van der Waals surface area contributed by atoms with Crippen LogP contribution in [0.25, 0.3) is 0 Å². The van der Waals surface area contributed by atoms with Gasteiger partial charge in [-0.1, -0.05) is 11.6 Å². The lowest BCUT2D eigenvalue weighted by Gasteiger charge is -2.12. The summed E-state index contributed by atoms with van der Waals surface area (Å²) in [6.07, 6.45) is 0. The summed E-state index contributed by atoms with van der Waals surface area (Å²) in [6.45, 7) is 3.07. The Labute approximate surface area is 82.4 Å². The van der Waals surface area contributed by atoms with Crippen LogP contribution in [0.15, 0.2) is 18.2 Å². The van der Waals surface area contributed by atoms with E-state index in [9.17, 15) is 5.11 Å². The predicted octanol–water partition coefficient (Wildman–Crippen LogP) is 2.04. The molecule has 2 nitrogen and oxygen atoms in total. The van der Waals surface area contributed by atoms with Gasteiger partial charge in [-0.25, -0.2) is 0 Å². The summed E-state index contributed by atoms with van der Waals surface area (Å²) in [4.78, 5) is 0. The molecular formula is C10H13NOS. The normalized spacial score (nSPS) is 22.1. The van der Waals surface area contributed by atoms with Crippen LogP contribution in [0.1, 0.15) is 16.5 Å². The molecule has 3 heteroatoms. The van der Waals surface area contributed by atoms with Gasteiger partial charge in [-0.05, 0) is 19.1 Å². The molecule has 1 heterocycles. The zero-order chi connectivity index (χ0) is 9.26. The molecule has 13 heavy (non-hydrogen) atoms. The number of nitrogens with one attached hydrogen (secondary N) is 1. The van der Waals surface area contributed by atoms with Crippen molar-refractivity contribution in [2.45, 2.75) is 12.3 Å². The van der Waals surface area contributed by atoms with Gasteiger partial charge in [-0.15, -0.1) is 11.8 Å². The molecule has 0 amide bonds. The molecule has 0 bridgehead atoms. The molecule has 70 valence electrons. The monoisotopic (exact) mass is 195 g/mol. The average Bonchev–Trinajstić information content (AvgIpc) is 2.61. The van der Waals surface area contributed by atoms with Crippen LogP contribution in [0, 0.1) is 6.92 Å². The van der Waals surface area contributed by atoms with Crippen molar-refractivity contribution in [2.24, 2.45) is 0 Å². The molecule has 2 rings (SSSR count). The van der Waals surface area contributed by atoms with E-state index in [0.717, 1.165) is 17.9 Å². The van der Waals surface area contributed by atoms with Crippen molar-refractivity contribution in [3.8, 4) is 5.75 Å². The lowest BCUT2D eigenvalue weighted by molar-refractivity contribution is 0.465. The Bertz CT molecular complexity index is 308. The molecule has 1 unspecified atom stereocenters. The van der Waals surface area contributed by atoms with E-state index in [1.807, 2.05) is 30.8 Å². The van der Waals surface area contributed by atoms with Gasteiger partial charge in [0.25, 0.3) is 0 Å². The Kier molecular flexibility index (Phi) is 2.47. The highest BCUT2D eigenvalue weighted by Gasteiger charge is 2.19. The van der Waals surface area contributed by atoms with E-state index in [0.29, 0.717) is 5.75 Å². The van der Waals surface area contributed by atoms with Crippen LogP contribution >= 0.6 is 11.8 Å². The quantitative estimate of drug-likeness (QED) is 0.719. The molecule has 0 saturated carbocycles. The Balaban J connectivity index is 2.32. The summed E-state index contributed by atoms with van der Waals surface area (Å²) in [5.74, 6) is 1.52. The number of hydrogen-bond donors (Lipinski definition) is 2. The van der Waals surface area contributed by atoms with Gasteiger partial charge in [0.1, 0.15) is 5.75 Å². The van der Waals surface area contributed by atoms with E-state index in [1.165, 1.54) is 5.56 Å². The van der Waals surface area contributed by atoms with Crippen LogP contribution in [-0.4, -0.2) is 17.4 Å². The Morgan fingerprint density at radius 1 is 1.54 bits per heavy atom. The first-order chi connectivity index (χ1) is 6.27. The Morgan fingerprint density at radius 2 is 2.38 bits per heavy atom. The molecule has 0 aliphatic carbocycles. The van der Waals surface area contributed by atoms with E-state index < -0.39 is 0 Å². The van der Waals surface area contributed by atoms with Crippen molar-refractivity contribution in [3.63, 3.8) is 0 Å². The van der Waals surface area contributed by atoms with Crippen molar-refractivity contribution in [2.75, 3.05) is 12.3 Å². The third-order valence-electron chi connectivity index (χ3n) is 2.18. The minimum Gasteiger partial charge on any atom is -0.508 e. The van der Waals surface area contributed by atoms with Gasteiger partial charge in [0.15, 0.2) is 0 Å². The SMILES string of the molecule is Cc1ccc(O)c(C2NCCS2)c1. The number of phenols is 1. The molecule has 0 aromatic heterocycles. The molecule has 1 aromatic carbocycles. The minimum absolute atomic E-state index is 0.278. The van der Waals surface area contributed by atoms with E-state index in [-0.39, 0.29) is 5.37 Å². The Hall–Kier alpha value is -0.670. The lowest BCUT2D eigenvalue weighted by Crippen LogP contribution is -2.12. The van der Waals surface area contributed by atoms with Gasteiger partial charge in [0.2, 0.25) is 0 Å². The first kappa shape index (κ1) is 8.91. The first-order valence-electron chi connectivity index (χ1n) is 4.42. The lowest BCUT2D eigenvalue weighted by atomic mass is 10.1. The number of rotatable bonds is 1. The summed E-state index contributed by atoms with van der Waals surface area (Å²) in [5, 5.41) is 13.3. The highest BCUT2D eigenvalue weighted by atomic mass is 32.2. The largest absolute Gasteiger partial charge is 0.508 e. The second-order valence-electron chi connectivity index (χ2n) is 3.27. The number of hydrogen-bond acceptors (Lipinski definition) is 3. The fourth-order valence-electron chi connectivity index (χ4n) is 1.51. The number of aromatic hydroxyl groups is 1. The third kappa shape index (κ3) is 1.81. The topological polar surface area (TPSA) is 32.3 Å². The van der Waals surface area contributed by atoms with E-state index in [1.54, 1.807) is 6.07 Å². The van der Waals surface area contributed by atoms with Crippen molar-refractivity contribution in [1.82, 2.24) is 5.32 Å².